The zero-order valence-electron chi connectivity index (χ0n) is 7.79. The highest BCUT2D eigenvalue weighted by molar-refractivity contribution is 5.73. The Morgan fingerprint density at radius 3 is 3.07 bits per heavy atom. The summed E-state index contributed by atoms with van der Waals surface area (Å²) in [6, 6.07) is -0.933. The van der Waals surface area contributed by atoms with Gasteiger partial charge in [0.2, 0.25) is 5.91 Å². The van der Waals surface area contributed by atoms with Gasteiger partial charge in [-0.1, -0.05) is 17.3 Å². The number of aliphatic hydroxyl groups excluding tert-OH is 1. The molecule has 0 heterocycles. The minimum Gasteiger partial charge on any atom is -0.387 e. The third-order valence-electron chi connectivity index (χ3n) is 2.06. The molecule has 6 heteroatoms. The van der Waals surface area contributed by atoms with Crippen molar-refractivity contribution in [3.63, 3.8) is 0 Å². The first-order valence-corrected chi connectivity index (χ1v) is 4.31. The maximum absolute atomic E-state index is 10.8. The van der Waals surface area contributed by atoms with Gasteiger partial charge in [0.1, 0.15) is 0 Å². The Kier molecular flexibility index (Phi) is 3.50. The number of hydrogen-bond donors (Lipinski definition) is 2. The van der Waals surface area contributed by atoms with Crippen molar-refractivity contribution in [2.24, 2.45) is 5.11 Å². The van der Waals surface area contributed by atoms with Crippen LogP contribution in [-0.4, -0.2) is 29.2 Å². The summed E-state index contributed by atoms with van der Waals surface area (Å²) >= 11 is 0. The van der Waals surface area contributed by atoms with Gasteiger partial charge in [-0.15, -0.1) is 0 Å². The van der Waals surface area contributed by atoms with Crippen molar-refractivity contribution in [3.8, 4) is 0 Å². The molecule has 3 atom stereocenters. The van der Waals surface area contributed by atoms with Crippen LogP contribution in [0.2, 0.25) is 0 Å². The third kappa shape index (κ3) is 2.48. The fraction of sp³-hybridized carbons (Fsp3) is 0.625. The zero-order valence-corrected chi connectivity index (χ0v) is 7.79. The largest absolute Gasteiger partial charge is 0.387 e. The van der Waals surface area contributed by atoms with Crippen LogP contribution in [0.5, 0.6) is 0 Å². The van der Waals surface area contributed by atoms with Crippen molar-refractivity contribution in [2.75, 3.05) is 0 Å². The second kappa shape index (κ2) is 4.64. The number of nitrogens with one attached hydrogen (secondary N) is 1. The van der Waals surface area contributed by atoms with Crippen LogP contribution in [-0.2, 0) is 4.79 Å². The van der Waals surface area contributed by atoms with E-state index in [0.717, 1.165) is 0 Å². The van der Waals surface area contributed by atoms with Crippen molar-refractivity contribution in [3.05, 3.63) is 22.6 Å². The Balaban J connectivity index is 2.77. The molecule has 0 fully saturated rings. The molecule has 0 spiro atoms. The van der Waals surface area contributed by atoms with E-state index < -0.39 is 18.2 Å². The highest BCUT2D eigenvalue weighted by Crippen LogP contribution is 2.16. The molecule has 0 saturated carbocycles. The second-order valence-electron chi connectivity index (χ2n) is 3.15. The lowest BCUT2D eigenvalue weighted by Crippen LogP contribution is -2.50. The summed E-state index contributed by atoms with van der Waals surface area (Å²) in [7, 11) is 0. The standard InChI is InChI=1S/C8H12N4O2/c1-5(13)10-8-6(11-12-9)3-2-4-7(8)14/h2,4,6-8,14H,3H2,1H3,(H,10,13). The third-order valence-corrected chi connectivity index (χ3v) is 2.06. The maximum atomic E-state index is 10.8. The summed E-state index contributed by atoms with van der Waals surface area (Å²) in [6.45, 7) is 1.36. The topological polar surface area (TPSA) is 98.1 Å². The number of rotatable bonds is 2. The van der Waals surface area contributed by atoms with E-state index in [0.29, 0.717) is 6.42 Å². The van der Waals surface area contributed by atoms with Gasteiger partial charge in [0.25, 0.3) is 0 Å². The number of aliphatic hydroxyl groups is 1. The van der Waals surface area contributed by atoms with Crippen LogP contribution in [0.1, 0.15) is 13.3 Å². The van der Waals surface area contributed by atoms with Crippen LogP contribution in [0, 0.1) is 0 Å². The molecule has 76 valence electrons. The molecular weight excluding hydrogens is 184 g/mol. The molecule has 0 aromatic rings. The van der Waals surface area contributed by atoms with Gasteiger partial charge in [0.15, 0.2) is 0 Å². The average Bonchev–Trinajstić information content (AvgIpc) is 2.11. The number of carbonyl (C=O) groups excluding carboxylic acids is 1. The quantitative estimate of drug-likeness (QED) is 0.291. The molecule has 2 N–H and O–H groups in total. The highest BCUT2D eigenvalue weighted by atomic mass is 16.3. The molecule has 6 nitrogen and oxygen atoms in total. The number of amides is 1. The molecule has 0 aliphatic heterocycles. The van der Waals surface area contributed by atoms with Gasteiger partial charge < -0.3 is 10.4 Å². The molecule has 0 radical (unpaired) electrons. The molecule has 0 aromatic carbocycles. The first kappa shape index (κ1) is 10.6. The number of hydrogen-bond acceptors (Lipinski definition) is 3. The number of nitrogens with zero attached hydrogens (tertiary/aromatic N) is 3. The lowest BCUT2D eigenvalue weighted by atomic mass is 9.94. The number of carbonyl (C=O) groups is 1. The van der Waals surface area contributed by atoms with Crippen molar-refractivity contribution in [1.82, 2.24) is 5.32 Å². The van der Waals surface area contributed by atoms with E-state index in [1.54, 1.807) is 12.2 Å². The Bertz CT molecular complexity index is 296. The Hall–Kier alpha value is -1.52. The monoisotopic (exact) mass is 196 g/mol. The fourth-order valence-electron chi connectivity index (χ4n) is 1.45. The van der Waals surface area contributed by atoms with Crippen molar-refractivity contribution >= 4 is 5.91 Å². The molecular formula is C8H12N4O2. The van der Waals surface area contributed by atoms with E-state index in [2.05, 4.69) is 15.3 Å². The van der Waals surface area contributed by atoms with Crippen molar-refractivity contribution < 1.29 is 9.90 Å². The van der Waals surface area contributed by atoms with Crippen molar-refractivity contribution in [1.29, 1.82) is 0 Å². The van der Waals surface area contributed by atoms with Crippen LogP contribution in [0.3, 0.4) is 0 Å². The van der Waals surface area contributed by atoms with Crippen LogP contribution in [0.4, 0.5) is 0 Å². The highest BCUT2D eigenvalue weighted by Gasteiger charge is 2.28. The average molecular weight is 196 g/mol. The molecule has 3 unspecified atom stereocenters. The molecule has 1 rings (SSSR count). The molecule has 0 aromatic heterocycles. The van der Waals surface area contributed by atoms with Gasteiger partial charge in [0, 0.05) is 11.8 Å². The molecule has 0 bridgehead atoms. The minimum atomic E-state index is -0.789. The molecule has 1 amide bonds. The summed E-state index contributed by atoms with van der Waals surface area (Å²) in [5.41, 5.74) is 8.30. The first-order valence-electron chi connectivity index (χ1n) is 4.31. The predicted octanol–water partition coefficient (Wildman–Crippen LogP) is 0.491. The van der Waals surface area contributed by atoms with Gasteiger partial charge in [-0.25, -0.2) is 0 Å². The van der Waals surface area contributed by atoms with Gasteiger partial charge in [0.05, 0.1) is 18.2 Å². The van der Waals surface area contributed by atoms with Crippen molar-refractivity contribution in [2.45, 2.75) is 31.5 Å². The summed E-state index contributed by atoms with van der Waals surface area (Å²) in [4.78, 5) is 13.5. The van der Waals surface area contributed by atoms with Crippen LogP contribution >= 0.6 is 0 Å². The van der Waals surface area contributed by atoms with E-state index in [1.165, 1.54) is 6.92 Å². The van der Waals surface area contributed by atoms with Crippen LogP contribution < -0.4 is 5.32 Å². The fourth-order valence-corrected chi connectivity index (χ4v) is 1.45. The summed E-state index contributed by atoms with van der Waals surface area (Å²) in [6.07, 6.45) is 3.07. The van der Waals surface area contributed by atoms with Gasteiger partial charge >= 0.3 is 0 Å². The summed E-state index contributed by atoms with van der Waals surface area (Å²) < 4.78 is 0. The normalized spacial score (nSPS) is 30.6. The molecule has 1 aliphatic rings. The minimum absolute atomic E-state index is 0.248. The lowest BCUT2D eigenvalue weighted by molar-refractivity contribution is -0.120. The lowest BCUT2D eigenvalue weighted by Gasteiger charge is -2.29. The van der Waals surface area contributed by atoms with Gasteiger partial charge in [-0.2, -0.15) is 0 Å². The number of azide groups is 1. The summed E-state index contributed by atoms with van der Waals surface area (Å²) in [5.74, 6) is -0.248. The van der Waals surface area contributed by atoms with E-state index in [1.807, 2.05) is 0 Å². The predicted molar refractivity (Wildman–Crippen MR) is 50.3 cm³/mol. The molecule has 14 heavy (non-hydrogen) atoms. The van der Waals surface area contributed by atoms with E-state index in [9.17, 15) is 9.90 Å². The summed E-state index contributed by atoms with van der Waals surface area (Å²) in [5, 5.41) is 15.6. The zero-order chi connectivity index (χ0) is 10.6. The molecule has 0 saturated heterocycles. The van der Waals surface area contributed by atoms with E-state index in [-0.39, 0.29) is 5.91 Å². The van der Waals surface area contributed by atoms with Gasteiger partial charge in [-0.05, 0) is 12.0 Å². The van der Waals surface area contributed by atoms with E-state index >= 15 is 0 Å². The Morgan fingerprint density at radius 1 is 1.79 bits per heavy atom. The Labute approximate surface area is 81.2 Å². The maximum Gasteiger partial charge on any atom is 0.217 e. The van der Waals surface area contributed by atoms with Gasteiger partial charge in [-0.3, -0.25) is 4.79 Å². The van der Waals surface area contributed by atoms with Crippen LogP contribution in [0.15, 0.2) is 17.3 Å². The van der Waals surface area contributed by atoms with E-state index in [4.69, 9.17) is 5.53 Å². The van der Waals surface area contributed by atoms with Crippen LogP contribution in [0.25, 0.3) is 10.4 Å². The Morgan fingerprint density at radius 2 is 2.50 bits per heavy atom. The second-order valence-corrected chi connectivity index (χ2v) is 3.15. The SMILES string of the molecule is CC(=O)NC1C(O)C=CCC1N=[N+]=[N-]. The first-order chi connectivity index (χ1) is 6.65. The molecule has 1 aliphatic carbocycles. The smallest absolute Gasteiger partial charge is 0.217 e.